The molecule has 0 amide bonds. The van der Waals surface area contributed by atoms with Crippen LogP contribution in [-0.4, -0.2) is 35.1 Å². The number of halogens is 1. The first-order valence-electron chi connectivity index (χ1n) is 12.2. The molecular weight excluding hydrogens is 480 g/mol. The fraction of sp³-hybridized carbons (Fsp3) is 0.333. The van der Waals surface area contributed by atoms with Gasteiger partial charge in [0.25, 0.3) is 5.01 Å². The molecule has 1 unspecified atom stereocenters. The van der Waals surface area contributed by atoms with Crippen molar-refractivity contribution in [3.05, 3.63) is 81.6 Å². The van der Waals surface area contributed by atoms with Crippen LogP contribution in [-0.2, 0) is 17.7 Å². The largest absolute Gasteiger partial charge is 0.488 e. The third kappa shape index (κ3) is 4.56. The first kappa shape index (κ1) is 22.6. The molecule has 0 spiro atoms. The number of aromatic amines is 1. The maximum Gasteiger partial charge on any atom is 0.267 e. The summed E-state index contributed by atoms with van der Waals surface area (Å²) in [5, 5.41) is 19.4. The zero-order valence-electron chi connectivity index (χ0n) is 19.4. The Hall–Kier alpha value is -2.87. The van der Waals surface area contributed by atoms with Crippen LogP contribution in [0.15, 0.2) is 71.2 Å². The molecule has 3 heterocycles. The summed E-state index contributed by atoms with van der Waals surface area (Å²) in [6.45, 7) is 1.59. The van der Waals surface area contributed by atoms with E-state index >= 15 is 0 Å². The van der Waals surface area contributed by atoms with Crippen molar-refractivity contribution >= 4 is 34.8 Å². The smallest absolute Gasteiger partial charge is 0.267 e. The Morgan fingerprint density at radius 3 is 2.71 bits per heavy atom. The number of aromatic nitrogens is 1. The van der Waals surface area contributed by atoms with Crippen LogP contribution in [0.2, 0.25) is 5.02 Å². The lowest BCUT2D eigenvalue weighted by atomic mass is 10.1. The molecule has 2 aromatic carbocycles. The van der Waals surface area contributed by atoms with E-state index in [4.69, 9.17) is 16.3 Å². The number of H-pyrrole nitrogens is 1. The van der Waals surface area contributed by atoms with Gasteiger partial charge < -0.3 is 14.7 Å². The summed E-state index contributed by atoms with van der Waals surface area (Å²) in [7, 11) is 0. The predicted octanol–water partition coefficient (Wildman–Crippen LogP) is 5.24. The maximum atomic E-state index is 11.4. The van der Waals surface area contributed by atoms with Crippen molar-refractivity contribution in [1.29, 1.82) is 0 Å². The highest BCUT2D eigenvalue weighted by atomic mass is 35.5. The van der Waals surface area contributed by atoms with E-state index < -0.39 is 6.23 Å². The highest BCUT2D eigenvalue weighted by Crippen LogP contribution is 2.35. The van der Waals surface area contributed by atoms with Crippen LogP contribution in [0.4, 0.5) is 5.69 Å². The van der Waals surface area contributed by atoms with E-state index in [0.717, 1.165) is 56.6 Å². The topological polar surface area (TPSA) is 62.4 Å². The van der Waals surface area contributed by atoms with Crippen LogP contribution in [0, 0.1) is 0 Å². The number of fused-ring (bicyclic) bond motifs is 1. The third-order valence-electron chi connectivity index (χ3n) is 6.86. The summed E-state index contributed by atoms with van der Waals surface area (Å²) in [4.78, 5) is 7.22. The molecule has 0 saturated heterocycles. The van der Waals surface area contributed by atoms with Crippen LogP contribution in [0.5, 0.6) is 0 Å². The quantitative estimate of drug-likeness (QED) is 0.513. The second-order valence-electron chi connectivity index (χ2n) is 9.21. The standard InChI is InChI=1S/C27H27ClN4O2S/c28-19-9-6-10-20(15-19)32-27(33)25(34-21-11-4-5-12-21)23(16-29-32)31-14-13-22-24(17-31)35-26(30-22)18-7-2-1-3-8-18/h1-3,6-10,15-16,21,27,33H,4-5,11-14,17H2/p+1. The van der Waals surface area contributed by atoms with Crippen LogP contribution in [0.25, 0.3) is 10.6 Å². The van der Waals surface area contributed by atoms with E-state index in [1.54, 1.807) is 22.4 Å². The molecule has 1 aromatic heterocycles. The van der Waals surface area contributed by atoms with Gasteiger partial charge in [0, 0.05) is 11.6 Å². The van der Waals surface area contributed by atoms with E-state index in [2.05, 4.69) is 39.3 Å². The van der Waals surface area contributed by atoms with E-state index in [1.807, 2.05) is 30.5 Å². The molecule has 180 valence electrons. The number of anilines is 1. The molecule has 1 saturated carbocycles. The van der Waals surface area contributed by atoms with Crippen LogP contribution >= 0.6 is 22.9 Å². The summed E-state index contributed by atoms with van der Waals surface area (Å²) in [6.07, 6.45) is 6.21. The van der Waals surface area contributed by atoms with Gasteiger partial charge in [0.05, 0.1) is 41.4 Å². The van der Waals surface area contributed by atoms with Crippen molar-refractivity contribution in [2.24, 2.45) is 5.10 Å². The maximum absolute atomic E-state index is 11.4. The van der Waals surface area contributed by atoms with Gasteiger partial charge >= 0.3 is 0 Å². The summed E-state index contributed by atoms with van der Waals surface area (Å²) in [5.41, 5.74) is 4.09. The second kappa shape index (κ2) is 9.64. The number of aliphatic hydroxyl groups excluding tert-OH is 1. The lowest BCUT2D eigenvalue weighted by Gasteiger charge is -2.36. The number of aliphatic hydroxyl groups is 1. The van der Waals surface area contributed by atoms with Gasteiger partial charge in [0.15, 0.2) is 11.5 Å². The molecule has 6 rings (SSSR count). The van der Waals surface area contributed by atoms with E-state index in [0.29, 0.717) is 10.8 Å². The van der Waals surface area contributed by atoms with Gasteiger partial charge in [0.1, 0.15) is 5.70 Å². The molecule has 8 heteroatoms. The van der Waals surface area contributed by atoms with Gasteiger partial charge in [-0.1, -0.05) is 47.2 Å². The first-order valence-corrected chi connectivity index (χ1v) is 13.4. The Morgan fingerprint density at radius 2 is 1.91 bits per heavy atom. The number of thiazole rings is 1. The van der Waals surface area contributed by atoms with Gasteiger partial charge in [-0.05, 0) is 56.0 Å². The van der Waals surface area contributed by atoms with Crippen molar-refractivity contribution in [1.82, 2.24) is 4.90 Å². The number of ether oxygens (including phenoxy) is 1. The van der Waals surface area contributed by atoms with Gasteiger partial charge in [-0.15, -0.1) is 0 Å². The zero-order chi connectivity index (χ0) is 23.8. The normalized spacial score (nSPS) is 20.5. The SMILES string of the molecule is OC1C(OC2CCCC2)=C(N2CCc3[nH+]c(-c4ccccc4)sc3C2)C=NN1c1cccc(Cl)c1. The van der Waals surface area contributed by atoms with Crippen LogP contribution < -0.4 is 9.99 Å². The van der Waals surface area contributed by atoms with Crippen LogP contribution in [0.1, 0.15) is 36.3 Å². The molecule has 3 aromatic rings. The Bertz CT molecular complexity index is 1270. The average Bonchev–Trinajstić information content (AvgIpc) is 3.55. The van der Waals surface area contributed by atoms with Crippen molar-refractivity contribution in [3.63, 3.8) is 0 Å². The minimum Gasteiger partial charge on any atom is -0.488 e. The lowest BCUT2D eigenvalue weighted by Crippen LogP contribution is -2.42. The summed E-state index contributed by atoms with van der Waals surface area (Å²) in [6, 6.07) is 17.8. The summed E-state index contributed by atoms with van der Waals surface area (Å²) < 4.78 is 6.49. The highest BCUT2D eigenvalue weighted by Gasteiger charge is 2.35. The molecule has 1 atom stereocenters. The first-order chi connectivity index (χ1) is 17.2. The molecule has 6 nitrogen and oxygen atoms in total. The third-order valence-corrected chi connectivity index (χ3v) is 8.26. The minimum atomic E-state index is -1.01. The molecule has 2 aliphatic heterocycles. The van der Waals surface area contributed by atoms with Crippen LogP contribution in [0.3, 0.4) is 0 Å². The summed E-state index contributed by atoms with van der Waals surface area (Å²) in [5.74, 6) is 0.583. The van der Waals surface area contributed by atoms with E-state index in [-0.39, 0.29) is 6.10 Å². The number of benzene rings is 2. The van der Waals surface area contributed by atoms with Gasteiger partial charge in [-0.25, -0.2) is 5.01 Å². The second-order valence-corrected chi connectivity index (χ2v) is 10.8. The molecule has 1 fully saturated rings. The van der Waals surface area contributed by atoms with Gasteiger partial charge in [-0.3, -0.25) is 0 Å². The molecule has 0 radical (unpaired) electrons. The minimum absolute atomic E-state index is 0.127. The number of nitrogens with one attached hydrogen (secondary N) is 1. The molecule has 3 aliphatic rings. The average molecular weight is 508 g/mol. The van der Waals surface area contributed by atoms with E-state index in [1.165, 1.54) is 21.1 Å². The number of rotatable bonds is 5. The monoisotopic (exact) mass is 507 g/mol. The fourth-order valence-corrected chi connectivity index (χ4v) is 6.39. The Balaban J connectivity index is 1.31. The number of hydrogen-bond donors (Lipinski definition) is 1. The predicted molar refractivity (Wildman–Crippen MR) is 139 cm³/mol. The van der Waals surface area contributed by atoms with Gasteiger partial charge in [-0.2, -0.15) is 10.1 Å². The van der Waals surface area contributed by atoms with E-state index in [9.17, 15) is 5.11 Å². The van der Waals surface area contributed by atoms with Crippen molar-refractivity contribution < 1.29 is 14.8 Å². The Labute approximate surface area is 214 Å². The number of hydrazone groups is 1. The van der Waals surface area contributed by atoms with Crippen molar-refractivity contribution in [2.45, 2.75) is 51.0 Å². The molecule has 0 bridgehead atoms. The fourth-order valence-electron chi connectivity index (χ4n) is 5.03. The Morgan fingerprint density at radius 1 is 1.09 bits per heavy atom. The molecule has 2 N–H and O–H groups in total. The molecule has 1 aliphatic carbocycles. The van der Waals surface area contributed by atoms with Crippen molar-refractivity contribution in [3.8, 4) is 10.6 Å². The molecule has 35 heavy (non-hydrogen) atoms. The number of hydrogen-bond acceptors (Lipinski definition) is 6. The summed E-state index contributed by atoms with van der Waals surface area (Å²) >= 11 is 8.01. The lowest BCUT2D eigenvalue weighted by molar-refractivity contribution is -0.372. The Kier molecular flexibility index (Phi) is 6.22. The highest BCUT2D eigenvalue weighted by molar-refractivity contribution is 7.14. The number of allylic oxidation sites excluding steroid dienone is 1. The number of nitrogens with zero attached hydrogens (tertiary/aromatic N) is 3. The van der Waals surface area contributed by atoms with Gasteiger partial charge in [0.2, 0.25) is 6.23 Å². The molecular formula is C27H28ClN4O2S+. The zero-order valence-corrected chi connectivity index (χ0v) is 20.9. The van der Waals surface area contributed by atoms with Crippen molar-refractivity contribution in [2.75, 3.05) is 11.6 Å².